The van der Waals surface area contributed by atoms with Crippen molar-refractivity contribution in [3.05, 3.63) is 59.4 Å². The number of hydrogen-bond acceptors (Lipinski definition) is 3. The minimum atomic E-state index is -0.0667. The maximum absolute atomic E-state index is 6.13. The normalized spacial score (nSPS) is 13.0. The molecular formula is C14H13NOS. The Hall–Kier alpha value is -1.58. The maximum Gasteiger partial charge on any atom is 0.120 e. The summed E-state index contributed by atoms with van der Waals surface area (Å²) in [5.74, 6) is 0.847. The van der Waals surface area contributed by atoms with Gasteiger partial charge >= 0.3 is 0 Å². The molecule has 2 aromatic heterocycles. The second-order valence-electron chi connectivity index (χ2n) is 4.08. The number of hydrogen-bond donors (Lipinski definition) is 1. The van der Waals surface area contributed by atoms with Crippen molar-refractivity contribution >= 4 is 21.4 Å². The zero-order chi connectivity index (χ0) is 11.7. The Morgan fingerprint density at radius 1 is 1.18 bits per heavy atom. The van der Waals surface area contributed by atoms with Gasteiger partial charge in [0.2, 0.25) is 0 Å². The Labute approximate surface area is 104 Å². The largest absolute Gasteiger partial charge is 0.468 e. The second-order valence-corrected chi connectivity index (χ2v) is 4.99. The standard InChI is InChI=1S/C14H13NOS/c15-12(13-5-3-7-16-13)8-10-9-17-14-6-2-1-4-11(10)14/h1-7,9,12H,8,15H2. The summed E-state index contributed by atoms with van der Waals surface area (Å²) in [4.78, 5) is 0. The molecule has 0 bridgehead atoms. The quantitative estimate of drug-likeness (QED) is 0.761. The Balaban J connectivity index is 1.90. The Kier molecular flexibility index (Phi) is 2.71. The summed E-state index contributed by atoms with van der Waals surface area (Å²) < 4.78 is 6.65. The fourth-order valence-corrected chi connectivity index (χ4v) is 3.01. The number of fused-ring (bicyclic) bond motifs is 1. The average molecular weight is 243 g/mol. The van der Waals surface area contributed by atoms with Gasteiger partial charge in [-0.15, -0.1) is 11.3 Å². The molecule has 0 saturated carbocycles. The minimum Gasteiger partial charge on any atom is -0.468 e. The number of benzene rings is 1. The predicted molar refractivity (Wildman–Crippen MR) is 71.2 cm³/mol. The van der Waals surface area contributed by atoms with Crippen molar-refractivity contribution in [2.24, 2.45) is 5.73 Å². The number of nitrogens with two attached hydrogens (primary N) is 1. The molecule has 0 aliphatic carbocycles. The zero-order valence-electron chi connectivity index (χ0n) is 9.30. The van der Waals surface area contributed by atoms with E-state index >= 15 is 0 Å². The fourth-order valence-electron chi connectivity index (χ4n) is 2.03. The number of thiophene rings is 1. The first-order valence-electron chi connectivity index (χ1n) is 5.58. The van der Waals surface area contributed by atoms with Crippen LogP contribution in [0.25, 0.3) is 10.1 Å². The molecule has 0 spiro atoms. The molecular weight excluding hydrogens is 230 g/mol. The van der Waals surface area contributed by atoms with Crippen molar-refractivity contribution in [1.29, 1.82) is 0 Å². The highest BCUT2D eigenvalue weighted by atomic mass is 32.1. The third kappa shape index (κ3) is 1.99. The SMILES string of the molecule is NC(Cc1csc2ccccc12)c1ccco1. The zero-order valence-corrected chi connectivity index (χ0v) is 10.1. The molecule has 2 N–H and O–H groups in total. The van der Waals surface area contributed by atoms with Crippen molar-refractivity contribution in [3.8, 4) is 0 Å². The first kappa shape index (κ1) is 10.6. The van der Waals surface area contributed by atoms with Crippen molar-refractivity contribution in [3.63, 3.8) is 0 Å². The molecule has 2 nitrogen and oxygen atoms in total. The van der Waals surface area contributed by atoms with Crippen LogP contribution >= 0.6 is 11.3 Å². The molecule has 1 unspecified atom stereocenters. The lowest BCUT2D eigenvalue weighted by Crippen LogP contribution is -2.12. The van der Waals surface area contributed by atoms with E-state index in [1.807, 2.05) is 12.1 Å². The summed E-state index contributed by atoms with van der Waals surface area (Å²) in [6.45, 7) is 0. The molecule has 3 aromatic rings. The number of rotatable bonds is 3. The summed E-state index contributed by atoms with van der Waals surface area (Å²) in [5, 5.41) is 3.49. The third-order valence-corrected chi connectivity index (χ3v) is 3.92. The van der Waals surface area contributed by atoms with Crippen LogP contribution in [0.15, 0.2) is 52.5 Å². The van der Waals surface area contributed by atoms with Crippen LogP contribution < -0.4 is 5.73 Å². The van der Waals surface area contributed by atoms with Gasteiger partial charge in [-0.3, -0.25) is 0 Å². The van der Waals surface area contributed by atoms with Gasteiger partial charge < -0.3 is 10.2 Å². The van der Waals surface area contributed by atoms with E-state index < -0.39 is 0 Å². The average Bonchev–Trinajstić information content (AvgIpc) is 2.98. The van der Waals surface area contributed by atoms with Crippen LogP contribution in [0.5, 0.6) is 0 Å². The van der Waals surface area contributed by atoms with Crippen molar-refractivity contribution in [2.75, 3.05) is 0 Å². The van der Waals surface area contributed by atoms with Crippen molar-refractivity contribution < 1.29 is 4.42 Å². The predicted octanol–water partition coefficient (Wildman–Crippen LogP) is 3.74. The molecule has 2 heterocycles. The maximum atomic E-state index is 6.13. The molecule has 1 aromatic carbocycles. The summed E-state index contributed by atoms with van der Waals surface area (Å²) >= 11 is 1.77. The first-order valence-corrected chi connectivity index (χ1v) is 6.46. The molecule has 0 aliphatic heterocycles. The van der Waals surface area contributed by atoms with E-state index in [0.29, 0.717) is 0 Å². The lowest BCUT2D eigenvalue weighted by molar-refractivity contribution is 0.465. The summed E-state index contributed by atoms with van der Waals surface area (Å²) in [6.07, 6.45) is 2.48. The summed E-state index contributed by atoms with van der Waals surface area (Å²) in [6, 6.07) is 12.2. The number of furan rings is 1. The smallest absolute Gasteiger partial charge is 0.120 e. The third-order valence-electron chi connectivity index (χ3n) is 2.91. The highest BCUT2D eigenvalue weighted by Gasteiger charge is 2.12. The van der Waals surface area contributed by atoms with E-state index in [2.05, 4.69) is 29.6 Å². The van der Waals surface area contributed by atoms with Crippen LogP contribution in [0.2, 0.25) is 0 Å². The molecule has 1 atom stereocenters. The van der Waals surface area contributed by atoms with Gasteiger partial charge in [0.1, 0.15) is 5.76 Å². The van der Waals surface area contributed by atoms with Crippen LogP contribution in [-0.2, 0) is 6.42 Å². The van der Waals surface area contributed by atoms with Gasteiger partial charge in [0, 0.05) is 4.70 Å². The van der Waals surface area contributed by atoms with Crippen LogP contribution in [0.4, 0.5) is 0 Å². The van der Waals surface area contributed by atoms with E-state index in [-0.39, 0.29) is 6.04 Å². The van der Waals surface area contributed by atoms with Crippen LogP contribution in [0, 0.1) is 0 Å². The molecule has 0 radical (unpaired) electrons. The van der Waals surface area contributed by atoms with Gasteiger partial charge in [-0.1, -0.05) is 18.2 Å². The van der Waals surface area contributed by atoms with Crippen molar-refractivity contribution in [1.82, 2.24) is 0 Å². The minimum absolute atomic E-state index is 0.0667. The van der Waals surface area contributed by atoms with Crippen LogP contribution in [0.3, 0.4) is 0 Å². The van der Waals surface area contributed by atoms with E-state index in [1.165, 1.54) is 15.6 Å². The molecule has 0 amide bonds. The summed E-state index contributed by atoms with van der Waals surface area (Å²) in [5.41, 5.74) is 7.43. The molecule has 17 heavy (non-hydrogen) atoms. The van der Waals surface area contributed by atoms with E-state index in [4.69, 9.17) is 10.2 Å². The monoisotopic (exact) mass is 243 g/mol. The first-order chi connectivity index (χ1) is 8.34. The topological polar surface area (TPSA) is 39.2 Å². The van der Waals surface area contributed by atoms with E-state index in [9.17, 15) is 0 Å². The van der Waals surface area contributed by atoms with Gasteiger partial charge in [-0.25, -0.2) is 0 Å². The Bertz CT molecular complexity index is 612. The van der Waals surface area contributed by atoms with Crippen LogP contribution in [0.1, 0.15) is 17.4 Å². The van der Waals surface area contributed by atoms with Gasteiger partial charge in [0.05, 0.1) is 12.3 Å². The van der Waals surface area contributed by atoms with Gasteiger partial charge in [-0.05, 0) is 40.9 Å². The lowest BCUT2D eigenvalue weighted by atomic mass is 10.0. The Morgan fingerprint density at radius 3 is 2.88 bits per heavy atom. The highest BCUT2D eigenvalue weighted by molar-refractivity contribution is 7.17. The Morgan fingerprint density at radius 2 is 2.06 bits per heavy atom. The lowest BCUT2D eigenvalue weighted by Gasteiger charge is -2.07. The molecule has 3 rings (SSSR count). The van der Waals surface area contributed by atoms with Gasteiger partial charge in [0.25, 0.3) is 0 Å². The molecule has 86 valence electrons. The van der Waals surface area contributed by atoms with E-state index in [0.717, 1.165) is 12.2 Å². The van der Waals surface area contributed by atoms with Gasteiger partial charge in [0.15, 0.2) is 0 Å². The second kappa shape index (κ2) is 4.35. The fraction of sp³-hybridized carbons (Fsp3) is 0.143. The molecule has 0 fully saturated rings. The molecule has 0 saturated heterocycles. The molecule has 3 heteroatoms. The molecule has 0 aliphatic rings. The van der Waals surface area contributed by atoms with Gasteiger partial charge in [-0.2, -0.15) is 0 Å². The highest BCUT2D eigenvalue weighted by Crippen LogP contribution is 2.28. The summed E-state index contributed by atoms with van der Waals surface area (Å²) in [7, 11) is 0. The van der Waals surface area contributed by atoms with Crippen molar-refractivity contribution in [2.45, 2.75) is 12.5 Å². The van der Waals surface area contributed by atoms with E-state index in [1.54, 1.807) is 17.6 Å². The van der Waals surface area contributed by atoms with Crippen LogP contribution in [-0.4, -0.2) is 0 Å².